The molecule has 1 aromatic carbocycles. The van der Waals surface area contributed by atoms with Crippen molar-refractivity contribution in [1.29, 1.82) is 0 Å². The molecule has 0 radical (unpaired) electrons. The van der Waals surface area contributed by atoms with E-state index in [9.17, 15) is 5.11 Å². The summed E-state index contributed by atoms with van der Waals surface area (Å²) in [5.74, 6) is 0. The van der Waals surface area contributed by atoms with Crippen LogP contribution in [0.3, 0.4) is 0 Å². The van der Waals surface area contributed by atoms with E-state index in [1.165, 1.54) is 0 Å². The lowest BCUT2D eigenvalue weighted by molar-refractivity contribution is 0.0269. The molecule has 2 unspecified atom stereocenters. The summed E-state index contributed by atoms with van der Waals surface area (Å²) < 4.78 is 5.39. The normalized spacial score (nSPS) is 14.4. The van der Waals surface area contributed by atoms with E-state index in [0.29, 0.717) is 18.2 Å². The molecule has 102 valence electrons. The number of benzene rings is 1. The monoisotopic (exact) mass is 273 g/mol. The van der Waals surface area contributed by atoms with E-state index < -0.39 is 6.10 Å². The molecule has 0 saturated carbocycles. The van der Waals surface area contributed by atoms with Gasteiger partial charge < -0.3 is 20.3 Å². The van der Waals surface area contributed by atoms with Crippen molar-refractivity contribution >= 4 is 11.6 Å². The maximum atomic E-state index is 9.63. The summed E-state index contributed by atoms with van der Waals surface area (Å²) in [5, 5.41) is 22.1. The molecule has 1 rings (SSSR count). The first-order valence-corrected chi connectivity index (χ1v) is 6.34. The van der Waals surface area contributed by atoms with Crippen LogP contribution >= 0.6 is 11.6 Å². The van der Waals surface area contributed by atoms with Crippen LogP contribution in [0.1, 0.15) is 12.5 Å². The van der Waals surface area contributed by atoms with Crippen molar-refractivity contribution in [2.75, 3.05) is 19.8 Å². The molecule has 0 fully saturated rings. The van der Waals surface area contributed by atoms with Crippen molar-refractivity contribution in [3.63, 3.8) is 0 Å². The van der Waals surface area contributed by atoms with Crippen LogP contribution in [0.2, 0.25) is 5.02 Å². The van der Waals surface area contributed by atoms with E-state index >= 15 is 0 Å². The summed E-state index contributed by atoms with van der Waals surface area (Å²) in [6.07, 6.45) is -0.577. The van der Waals surface area contributed by atoms with Crippen molar-refractivity contribution in [3.05, 3.63) is 34.9 Å². The van der Waals surface area contributed by atoms with Gasteiger partial charge in [0, 0.05) is 17.6 Å². The zero-order valence-electron chi connectivity index (χ0n) is 10.5. The predicted octanol–water partition coefficient (Wildman–Crippen LogP) is 1.19. The van der Waals surface area contributed by atoms with Gasteiger partial charge in [-0.2, -0.15) is 0 Å². The number of aliphatic hydroxyl groups is 2. The number of ether oxygens (including phenoxy) is 1. The second-order valence-corrected chi connectivity index (χ2v) is 4.72. The van der Waals surface area contributed by atoms with E-state index in [0.717, 1.165) is 5.56 Å². The molecule has 0 saturated heterocycles. The molecule has 0 heterocycles. The van der Waals surface area contributed by atoms with Gasteiger partial charge >= 0.3 is 0 Å². The third-order valence-electron chi connectivity index (χ3n) is 2.47. The minimum atomic E-state index is -0.577. The Morgan fingerprint density at radius 2 is 2.00 bits per heavy atom. The molecule has 0 bridgehead atoms. The Bertz CT molecular complexity index is 332. The van der Waals surface area contributed by atoms with Gasteiger partial charge in [-0.25, -0.2) is 0 Å². The first-order valence-electron chi connectivity index (χ1n) is 5.96. The standard InChI is InChI=1S/C13H20ClNO3/c1-10(7-16)15-6-13(17)9-18-8-11-2-4-12(14)5-3-11/h2-5,10,13,15-17H,6-9H2,1H3. The molecule has 0 aromatic heterocycles. The Morgan fingerprint density at radius 3 is 2.61 bits per heavy atom. The molecule has 0 aliphatic rings. The average Bonchev–Trinajstić information content (AvgIpc) is 2.38. The summed E-state index contributed by atoms with van der Waals surface area (Å²) in [7, 11) is 0. The van der Waals surface area contributed by atoms with E-state index in [2.05, 4.69) is 5.32 Å². The Kier molecular flexibility index (Phi) is 7.23. The number of halogens is 1. The summed E-state index contributed by atoms with van der Waals surface area (Å²) in [6, 6.07) is 7.38. The lowest BCUT2D eigenvalue weighted by atomic mass is 10.2. The summed E-state index contributed by atoms with van der Waals surface area (Å²) in [5.41, 5.74) is 1.02. The van der Waals surface area contributed by atoms with Gasteiger partial charge in [0.25, 0.3) is 0 Å². The lowest BCUT2D eigenvalue weighted by Crippen LogP contribution is -2.37. The zero-order chi connectivity index (χ0) is 13.4. The zero-order valence-corrected chi connectivity index (χ0v) is 11.2. The maximum Gasteiger partial charge on any atom is 0.0897 e. The van der Waals surface area contributed by atoms with Crippen LogP contribution in [-0.4, -0.2) is 42.1 Å². The van der Waals surface area contributed by atoms with Crippen LogP contribution in [0.25, 0.3) is 0 Å². The topological polar surface area (TPSA) is 61.7 Å². The highest BCUT2D eigenvalue weighted by Gasteiger charge is 2.06. The summed E-state index contributed by atoms with van der Waals surface area (Å²) in [6.45, 7) is 3.01. The molecule has 18 heavy (non-hydrogen) atoms. The number of nitrogens with one attached hydrogen (secondary N) is 1. The quantitative estimate of drug-likeness (QED) is 0.666. The Balaban J connectivity index is 2.15. The highest BCUT2D eigenvalue weighted by atomic mass is 35.5. The van der Waals surface area contributed by atoms with Gasteiger partial charge in [0.2, 0.25) is 0 Å². The first kappa shape index (κ1) is 15.4. The van der Waals surface area contributed by atoms with Crippen LogP contribution in [0, 0.1) is 0 Å². The smallest absolute Gasteiger partial charge is 0.0897 e. The van der Waals surface area contributed by atoms with E-state index in [1.54, 1.807) is 12.1 Å². The fourth-order valence-corrected chi connectivity index (χ4v) is 1.48. The SMILES string of the molecule is CC(CO)NCC(O)COCc1ccc(Cl)cc1. The van der Waals surface area contributed by atoms with Crippen molar-refractivity contribution in [3.8, 4) is 0 Å². The molecule has 4 nitrogen and oxygen atoms in total. The molecule has 2 atom stereocenters. The third kappa shape index (κ3) is 6.33. The first-order chi connectivity index (χ1) is 8.61. The fourth-order valence-electron chi connectivity index (χ4n) is 1.35. The largest absolute Gasteiger partial charge is 0.395 e. The van der Waals surface area contributed by atoms with Crippen LogP contribution in [0.4, 0.5) is 0 Å². The summed E-state index contributed by atoms with van der Waals surface area (Å²) >= 11 is 5.77. The van der Waals surface area contributed by atoms with Crippen LogP contribution in [0.15, 0.2) is 24.3 Å². The molecular weight excluding hydrogens is 254 g/mol. The fraction of sp³-hybridized carbons (Fsp3) is 0.538. The second kappa shape index (κ2) is 8.45. The number of hydrogen-bond donors (Lipinski definition) is 3. The van der Waals surface area contributed by atoms with Gasteiger partial charge in [0.1, 0.15) is 0 Å². The van der Waals surface area contributed by atoms with Gasteiger partial charge in [-0.1, -0.05) is 23.7 Å². The maximum absolute atomic E-state index is 9.63. The third-order valence-corrected chi connectivity index (χ3v) is 2.72. The van der Waals surface area contributed by atoms with Crippen molar-refractivity contribution in [1.82, 2.24) is 5.32 Å². The predicted molar refractivity (Wildman–Crippen MR) is 71.7 cm³/mol. The second-order valence-electron chi connectivity index (χ2n) is 4.29. The van der Waals surface area contributed by atoms with Crippen LogP contribution in [0.5, 0.6) is 0 Å². The average molecular weight is 274 g/mol. The van der Waals surface area contributed by atoms with E-state index in [1.807, 2.05) is 19.1 Å². The Morgan fingerprint density at radius 1 is 1.33 bits per heavy atom. The van der Waals surface area contributed by atoms with Gasteiger partial charge in [-0.05, 0) is 24.6 Å². The Labute approximate surface area is 113 Å². The van der Waals surface area contributed by atoms with Crippen molar-refractivity contribution < 1.29 is 14.9 Å². The molecule has 0 aliphatic heterocycles. The summed E-state index contributed by atoms with van der Waals surface area (Å²) in [4.78, 5) is 0. The highest BCUT2D eigenvalue weighted by Crippen LogP contribution is 2.10. The minimum absolute atomic E-state index is 0.0177. The van der Waals surface area contributed by atoms with Crippen molar-refractivity contribution in [2.45, 2.75) is 25.7 Å². The van der Waals surface area contributed by atoms with Gasteiger partial charge in [-0.15, -0.1) is 0 Å². The van der Waals surface area contributed by atoms with Crippen LogP contribution < -0.4 is 5.32 Å². The number of hydrogen-bond acceptors (Lipinski definition) is 4. The molecule has 0 amide bonds. The molecule has 0 spiro atoms. The molecule has 3 N–H and O–H groups in total. The molecule has 1 aromatic rings. The number of rotatable bonds is 8. The van der Waals surface area contributed by atoms with Gasteiger partial charge in [0.05, 0.1) is 25.9 Å². The van der Waals surface area contributed by atoms with Gasteiger partial charge in [-0.3, -0.25) is 0 Å². The Hall–Kier alpha value is -0.650. The lowest BCUT2D eigenvalue weighted by Gasteiger charge is -2.15. The van der Waals surface area contributed by atoms with Crippen molar-refractivity contribution in [2.24, 2.45) is 0 Å². The van der Waals surface area contributed by atoms with Gasteiger partial charge in [0.15, 0.2) is 0 Å². The molecule has 0 aliphatic carbocycles. The minimum Gasteiger partial charge on any atom is -0.395 e. The van der Waals surface area contributed by atoms with Crippen LogP contribution in [-0.2, 0) is 11.3 Å². The molecular formula is C13H20ClNO3. The van der Waals surface area contributed by atoms with E-state index in [-0.39, 0.29) is 19.3 Å². The highest BCUT2D eigenvalue weighted by molar-refractivity contribution is 6.30. The molecule has 5 heteroatoms. The number of aliphatic hydroxyl groups excluding tert-OH is 2. The van der Waals surface area contributed by atoms with E-state index in [4.69, 9.17) is 21.4 Å².